The zero-order valence-electron chi connectivity index (χ0n) is 41.7. The number of para-hydroxylation sites is 4. The zero-order valence-corrected chi connectivity index (χ0v) is 45.0. The lowest BCUT2D eigenvalue weighted by atomic mass is 10.1. The number of carboxylic acids is 1. The summed E-state index contributed by atoms with van der Waals surface area (Å²) in [6.07, 6.45) is 11.9. The molecule has 0 aliphatic heterocycles. The van der Waals surface area contributed by atoms with Crippen molar-refractivity contribution in [2.24, 2.45) is 0 Å². The van der Waals surface area contributed by atoms with Crippen molar-refractivity contribution in [1.29, 1.82) is 0 Å². The lowest BCUT2D eigenvalue weighted by Gasteiger charge is -2.16. The second kappa shape index (κ2) is 21.4. The molecule has 0 bridgehead atoms. The molecule has 0 radical (unpaired) electrons. The Morgan fingerprint density at radius 2 is 0.932 bits per heavy atom. The highest BCUT2D eigenvalue weighted by Crippen LogP contribution is 2.53. The molecule has 0 amide bonds. The Balaban J connectivity index is 1.09. The molecule has 6 aromatic heterocycles. The Kier molecular flexibility index (Phi) is 14.2. The van der Waals surface area contributed by atoms with Crippen LogP contribution < -0.4 is 9.47 Å². The number of hydrogen-bond donors (Lipinski definition) is 1. The first-order valence-electron chi connectivity index (χ1n) is 25.6. The molecule has 0 saturated heterocycles. The molecular formula is C63H58N2O4S4. The lowest BCUT2D eigenvalue weighted by Crippen LogP contribution is -2.01. The van der Waals surface area contributed by atoms with E-state index in [1.165, 1.54) is 73.5 Å². The van der Waals surface area contributed by atoms with E-state index in [1.54, 1.807) is 51.4 Å². The van der Waals surface area contributed by atoms with E-state index in [-0.39, 0.29) is 0 Å². The second-order valence-electron chi connectivity index (χ2n) is 18.9. The monoisotopic (exact) mass is 1030 g/mol. The number of unbranched alkanes of at least 4 members (excludes halogenated alkanes) is 6. The Hall–Kier alpha value is -6.69. The Bertz CT molecular complexity index is 3580. The molecule has 0 unspecified atom stereocenters. The Morgan fingerprint density at radius 1 is 0.493 bits per heavy atom. The highest BCUT2D eigenvalue weighted by molar-refractivity contribution is 7.29. The molecule has 11 rings (SSSR count). The van der Waals surface area contributed by atoms with E-state index in [1.807, 2.05) is 0 Å². The maximum atomic E-state index is 11.3. The quantitative estimate of drug-likeness (QED) is 0.0610. The third-order valence-corrected chi connectivity index (χ3v) is 18.9. The standard InChI is InChI=1S/C63H58N2O4S4/c1-5-7-9-19-31-68-54-39-58(63-55(69-32-20-10-8-6-2)38-57(72-63)56-34-41(4)61(71-56)60-40(3)33-45(70-60)29-30-59(66)67)73-62(54)42-35-43(64-50-25-15-11-21-46(50)47-22-12-16-26-51(47)64)37-44(36-42)65-52-27-17-13-23-48(52)49-24-14-18-28-53(49)65/h11-18,21-30,33-39H,5-10,19-20,31-32H2,1-4H3,(H,66,67)/b30-29-. The van der Waals surface area contributed by atoms with Crippen LogP contribution in [0.5, 0.6) is 11.5 Å². The van der Waals surface area contributed by atoms with Gasteiger partial charge in [0.2, 0.25) is 0 Å². The number of carbonyl (C=O) groups is 1. The molecule has 10 heteroatoms. The van der Waals surface area contributed by atoms with E-state index in [0.717, 1.165) is 106 Å². The number of fused-ring (bicyclic) bond motifs is 6. The van der Waals surface area contributed by atoms with E-state index in [2.05, 4.69) is 176 Å². The van der Waals surface area contributed by atoms with Crippen LogP contribution in [0.4, 0.5) is 0 Å². The molecule has 0 spiro atoms. The predicted octanol–water partition coefficient (Wildman–Crippen LogP) is 19.4. The van der Waals surface area contributed by atoms with Gasteiger partial charge >= 0.3 is 5.97 Å². The minimum atomic E-state index is -0.945. The van der Waals surface area contributed by atoms with Crippen LogP contribution in [-0.2, 0) is 4.79 Å². The highest BCUT2D eigenvalue weighted by atomic mass is 32.1. The first-order chi connectivity index (χ1) is 35.8. The fraction of sp³-hybridized carbons (Fsp3) is 0.222. The van der Waals surface area contributed by atoms with Crippen molar-refractivity contribution in [3.8, 4) is 62.6 Å². The van der Waals surface area contributed by atoms with Crippen LogP contribution in [-0.4, -0.2) is 33.4 Å². The van der Waals surface area contributed by atoms with E-state index < -0.39 is 5.97 Å². The van der Waals surface area contributed by atoms with E-state index >= 15 is 0 Å². The molecule has 1 N–H and O–H groups in total. The smallest absolute Gasteiger partial charge is 0.328 e. The van der Waals surface area contributed by atoms with Crippen molar-refractivity contribution in [3.63, 3.8) is 0 Å². The molecule has 73 heavy (non-hydrogen) atoms. The minimum absolute atomic E-state index is 0.638. The van der Waals surface area contributed by atoms with Gasteiger partial charge in [-0.1, -0.05) is 125 Å². The van der Waals surface area contributed by atoms with E-state index in [0.29, 0.717) is 13.2 Å². The van der Waals surface area contributed by atoms with Crippen molar-refractivity contribution in [2.45, 2.75) is 79.1 Å². The van der Waals surface area contributed by atoms with Crippen LogP contribution in [0.25, 0.3) is 101 Å². The van der Waals surface area contributed by atoms with Crippen molar-refractivity contribution < 1.29 is 19.4 Å². The van der Waals surface area contributed by atoms with Crippen molar-refractivity contribution in [1.82, 2.24) is 9.13 Å². The first kappa shape index (κ1) is 48.6. The van der Waals surface area contributed by atoms with Gasteiger partial charge in [-0.2, -0.15) is 0 Å². The average Bonchev–Trinajstić information content (AvgIpc) is 4.28. The fourth-order valence-electron chi connectivity index (χ4n) is 10.2. The van der Waals surface area contributed by atoms with Gasteiger partial charge in [-0.05, 0) is 104 Å². The molecule has 0 aliphatic rings. The molecule has 0 atom stereocenters. The largest absolute Gasteiger partial charge is 0.492 e. The van der Waals surface area contributed by atoms with Gasteiger partial charge in [0.1, 0.15) is 11.5 Å². The number of carboxylic acid groups (broad SMARTS) is 1. The lowest BCUT2D eigenvalue weighted by molar-refractivity contribution is -0.131. The predicted molar refractivity (Wildman–Crippen MR) is 314 cm³/mol. The molecule has 368 valence electrons. The molecule has 0 fully saturated rings. The molecule has 0 aliphatic carbocycles. The second-order valence-corrected chi connectivity index (χ2v) is 23.1. The molecule has 6 nitrogen and oxygen atoms in total. The van der Waals surface area contributed by atoms with Gasteiger partial charge < -0.3 is 23.7 Å². The minimum Gasteiger partial charge on any atom is -0.492 e. The number of thiophene rings is 4. The molecular weight excluding hydrogens is 977 g/mol. The van der Waals surface area contributed by atoms with Crippen molar-refractivity contribution in [2.75, 3.05) is 13.2 Å². The molecule has 0 saturated carbocycles. The number of hydrogen-bond acceptors (Lipinski definition) is 7. The summed E-state index contributed by atoms with van der Waals surface area (Å²) < 4.78 is 18.7. The summed E-state index contributed by atoms with van der Waals surface area (Å²) in [6.45, 7) is 10.1. The molecule has 6 heterocycles. The van der Waals surface area contributed by atoms with E-state index in [9.17, 15) is 9.90 Å². The van der Waals surface area contributed by atoms with Crippen molar-refractivity contribution in [3.05, 3.63) is 162 Å². The Morgan fingerprint density at radius 3 is 1.45 bits per heavy atom. The zero-order chi connectivity index (χ0) is 50.0. The summed E-state index contributed by atoms with van der Waals surface area (Å²) in [5.41, 5.74) is 10.3. The number of ether oxygens (including phenoxy) is 2. The molecule has 5 aromatic carbocycles. The number of benzene rings is 5. The van der Waals surface area contributed by atoms with Gasteiger partial charge in [-0.25, -0.2) is 4.79 Å². The molecule has 11 aromatic rings. The highest BCUT2D eigenvalue weighted by Gasteiger charge is 2.25. The van der Waals surface area contributed by atoms with Gasteiger partial charge in [-0.3, -0.25) is 0 Å². The number of aryl methyl sites for hydroxylation is 2. The number of aromatic nitrogens is 2. The maximum absolute atomic E-state index is 11.3. The van der Waals surface area contributed by atoms with Crippen molar-refractivity contribution >= 4 is 101 Å². The summed E-state index contributed by atoms with van der Waals surface area (Å²) >= 11 is 7.01. The van der Waals surface area contributed by atoms with E-state index in [4.69, 9.17) is 9.47 Å². The third-order valence-electron chi connectivity index (χ3n) is 13.7. The maximum Gasteiger partial charge on any atom is 0.328 e. The van der Waals surface area contributed by atoms with Gasteiger partial charge in [0.15, 0.2) is 0 Å². The van der Waals surface area contributed by atoms with Gasteiger partial charge in [0, 0.05) is 75.5 Å². The summed E-state index contributed by atoms with van der Waals surface area (Å²) in [7, 11) is 0. The normalized spacial score (nSPS) is 11.9. The van der Waals surface area contributed by atoms with Gasteiger partial charge in [0.25, 0.3) is 0 Å². The van der Waals surface area contributed by atoms with Crippen LogP contribution >= 0.6 is 45.3 Å². The summed E-state index contributed by atoms with van der Waals surface area (Å²) in [4.78, 5) is 20.3. The summed E-state index contributed by atoms with van der Waals surface area (Å²) in [5, 5.41) is 14.2. The summed E-state index contributed by atoms with van der Waals surface area (Å²) in [6, 6.07) is 51.0. The van der Waals surface area contributed by atoms with Crippen LogP contribution in [0.1, 0.15) is 81.2 Å². The van der Waals surface area contributed by atoms with Crippen LogP contribution in [0.2, 0.25) is 0 Å². The van der Waals surface area contributed by atoms with Crippen LogP contribution in [0.15, 0.2) is 146 Å². The fourth-order valence-corrected chi connectivity index (χ4v) is 15.1. The Labute approximate surface area is 443 Å². The third kappa shape index (κ3) is 9.70. The van der Waals surface area contributed by atoms with Crippen LogP contribution in [0.3, 0.4) is 0 Å². The number of rotatable bonds is 20. The number of aliphatic carboxylic acids is 1. The summed E-state index contributed by atoms with van der Waals surface area (Å²) in [5.74, 6) is 0.854. The number of nitrogens with zero attached hydrogens (tertiary/aromatic N) is 2. The van der Waals surface area contributed by atoms with Crippen LogP contribution in [0, 0.1) is 13.8 Å². The van der Waals surface area contributed by atoms with Gasteiger partial charge in [-0.15, -0.1) is 45.3 Å². The topological polar surface area (TPSA) is 65.6 Å². The average molecular weight is 1040 g/mol. The SMILES string of the molecule is CCCCCCOc1cc(-c2sc(-c3cc(C)c(-c4sc(/C=C\C(=O)O)cc4C)s3)cc2OCCCCCC)sc1-c1cc(-n2c3ccccc3c3ccccc32)cc(-n2c3ccccc3c3ccccc32)c1. The first-order valence-corrected chi connectivity index (χ1v) is 28.8. The van der Waals surface area contributed by atoms with Gasteiger partial charge in [0.05, 0.1) is 49.9 Å².